The third-order valence-corrected chi connectivity index (χ3v) is 7.28. The van der Waals surface area contributed by atoms with Crippen molar-refractivity contribution in [3.8, 4) is 0 Å². The highest BCUT2D eigenvalue weighted by Crippen LogP contribution is 2.33. The van der Waals surface area contributed by atoms with Gasteiger partial charge in [0.05, 0.1) is 17.9 Å². The summed E-state index contributed by atoms with van der Waals surface area (Å²) in [5.74, 6) is -0.418. The molecule has 1 saturated heterocycles. The number of hydrogen-bond acceptors (Lipinski definition) is 5. The highest BCUT2D eigenvalue weighted by atomic mass is 16.5. The molecule has 1 aliphatic carbocycles. The van der Waals surface area contributed by atoms with E-state index in [1.54, 1.807) is 7.11 Å². The van der Waals surface area contributed by atoms with Gasteiger partial charge in [0.1, 0.15) is 0 Å². The van der Waals surface area contributed by atoms with E-state index in [-0.39, 0.29) is 36.2 Å². The van der Waals surface area contributed by atoms with Gasteiger partial charge in [0, 0.05) is 69.6 Å². The number of para-hydroxylation sites is 1. The fourth-order valence-electron chi connectivity index (χ4n) is 5.04. The van der Waals surface area contributed by atoms with E-state index >= 15 is 0 Å². The molecule has 0 bridgehead atoms. The molecule has 2 fully saturated rings. The molecule has 0 radical (unpaired) electrons. The summed E-state index contributed by atoms with van der Waals surface area (Å²) in [6.45, 7) is 5.50. The van der Waals surface area contributed by atoms with Crippen LogP contribution >= 0.6 is 0 Å². The number of carbonyl (C=O) groups excluding carboxylic acids is 2. The largest absolute Gasteiger partial charge is 0.391 e. The van der Waals surface area contributed by atoms with Crippen LogP contribution in [0.3, 0.4) is 0 Å². The predicted molar refractivity (Wildman–Crippen MR) is 136 cm³/mol. The Balaban J connectivity index is 1.45. The second kappa shape index (κ2) is 12.0. The van der Waals surface area contributed by atoms with Crippen LogP contribution in [0.4, 0.5) is 0 Å². The molecule has 1 unspecified atom stereocenters. The molecule has 2 aromatic rings. The topological polar surface area (TPSA) is 95.8 Å². The molecule has 2 aliphatic rings. The van der Waals surface area contributed by atoms with E-state index in [9.17, 15) is 14.7 Å². The lowest BCUT2D eigenvalue weighted by Crippen LogP contribution is -2.50. The number of aryl methyl sites for hydroxylation is 1. The SMILES string of the molecule is CCC(O)CNC(=O)[C@@H]1CNC[C@H](C(=O)N(Cc2cn(CCCOC)c3ccccc23)C2CC2)C1. The summed E-state index contributed by atoms with van der Waals surface area (Å²) >= 11 is 0. The lowest BCUT2D eigenvalue weighted by atomic mass is 9.88. The van der Waals surface area contributed by atoms with Crippen LogP contribution in [0, 0.1) is 11.8 Å². The third-order valence-electron chi connectivity index (χ3n) is 7.28. The van der Waals surface area contributed by atoms with Crippen molar-refractivity contribution in [2.45, 2.75) is 64.3 Å². The lowest BCUT2D eigenvalue weighted by Gasteiger charge is -2.33. The quantitative estimate of drug-likeness (QED) is 0.402. The molecule has 8 heteroatoms. The number of hydrogen-bond donors (Lipinski definition) is 3. The maximum Gasteiger partial charge on any atom is 0.227 e. The van der Waals surface area contributed by atoms with Crippen LogP contribution in [0.2, 0.25) is 0 Å². The van der Waals surface area contributed by atoms with Crippen LogP contribution in [-0.4, -0.2) is 71.9 Å². The van der Waals surface area contributed by atoms with Crippen LogP contribution in [-0.2, 0) is 27.4 Å². The van der Waals surface area contributed by atoms with Crippen LogP contribution < -0.4 is 10.6 Å². The maximum atomic E-state index is 13.7. The average Bonchev–Trinajstić information content (AvgIpc) is 3.68. The summed E-state index contributed by atoms with van der Waals surface area (Å²) in [4.78, 5) is 28.4. The van der Waals surface area contributed by atoms with Gasteiger partial charge in [0.15, 0.2) is 0 Å². The average molecular weight is 485 g/mol. The van der Waals surface area contributed by atoms with Crippen LogP contribution in [0.25, 0.3) is 10.9 Å². The molecule has 35 heavy (non-hydrogen) atoms. The second-order valence-electron chi connectivity index (χ2n) is 10.0. The Hall–Kier alpha value is -2.42. The Labute approximate surface area is 208 Å². The molecule has 1 aromatic carbocycles. The highest BCUT2D eigenvalue weighted by molar-refractivity contribution is 5.86. The minimum absolute atomic E-state index is 0.0837. The first-order valence-corrected chi connectivity index (χ1v) is 13.0. The number of nitrogens with one attached hydrogen (secondary N) is 2. The second-order valence-corrected chi connectivity index (χ2v) is 10.0. The Morgan fingerprint density at radius 2 is 2.03 bits per heavy atom. The zero-order valence-corrected chi connectivity index (χ0v) is 21.0. The predicted octanol–water partition coefficient (Wildman–Crippen LogP) is 2.28. The van der Waals surface area contributed by atoms with E-state index in [0.717, 1.165) is 32.4 Å². The monoisotopic (exact) mass is 484 g/mol. The number of nitrogens with zero attached hydrogens (tertiary/aromatic N) is 2. The summed E-state index contributed by atoms with van der Waals surface area (Å²) in [6, 6.07) is 8.67. The van der Waals surface area contributed by atoms with Crippen molar-refractivity contribution in [3.05, 3.63) is 36.0 Å². The van der Waals surface area contributed by atoms with Crippen molar-refractivity contribution in [1.29, 1.82) is 0 Å². The first kappa shape index (κ1) is 25.7. The molecule has 4 rings (SSSR count). The fraction of sp³-hybridized carbons (Fsp3) is 0.630. The summed E-state index contributed by atoms with van der Waals surface area (Å²) in [5, 5.41) is 17.1. The summed E-state index contributed by atoms with van der Waals surface area (Å²) < 4.78 is 7.50. The minimum Gasteiger partial charge on any atom is -0.391 e. The standard InChI is InChI=1S/C27H40N4O4/c1-3-23(32)16-29-26(33)19-13-20(15-28-14-19)27(34)31(22-9-10-22)18-21-17-30(11-6-12-35-2)25-8-5-4-7-24(21)25/h4-5,7-8,17,19-20,22-23,28,32H,3,6,9-16,18H2,1-2H3,(H,29,33)/t19-,20+,23?/m0/s1. The molecule has 192 valence electrons. The van der Waals surface area contributed by atoms with Crippen molar-refractivity contribution in [3.63, 3.8) is 0 Å². The molecule has 1 aliphatic heterocycles. The molecule has 3 N–H and O–H groups in total. The first-order chi connectivity index (χ1) is 17.0. The van der Waals surface area contributed by atoms with E-state index in [1.807, 2.05) is 6.92 Å². The number of methoxy groups -OCH3 is 1. The van der Waals surface area contributed by atoms with Gasteiger partial charge in [-0.15, -0.1) is 0 Å². The molecule has 0 spiro atoms. The number of amides is 2. The number of ether oxygens (including phenoxy) is 1. The molecule has 3 atom stereocenters. The number of benzene rings is 1. The van der Waals surface area contributed by atoms with Gasteiger partial charge in [-0.3, -0.25) is 9.59 Å². The molecule has 2 amide bonds. The van der Waals surface area contributed by atoms with E-state index in [4.69, 9.17) is 4.74 Å². The number of fused-ring (bicyclic) bond motifs is 1. The lowest BCUT2D eigenvalue weighted by molar-refractivity contribution is -0.138. The van der Waals surface area contributed by atoms with Crippen LogP contribution in [0.1, 0.15) is 44.6 Å². The van der Waals surface area contributed by atoms with Crippen molar-refractivity contribution in [2.75, 3.05) is 33.4 Å². The van der Waals surface area contributed by atoms with E-state index in [1.165, 1.54) is 16.5 Å². The van der Waals surface area contributed by atoms with E-state index in [2.05, 4.69) is 50.6 Å². The molecule has 1 aromatic heterocycles. The smallest absolute Gasteiger partial charge is 0.227 e. The minimum atomic E-state index is -0.532. The number of piperidine rings is 1. The first-order valence-electron chi connectivity index (χ1n) is 13.0. The fourth-order valence-corrected chi connectivity index (χ4v) is 5.04. The van der Waals surface area contributed by atoms with Gasteiger partial charge in [-0.2, -0.15) is 0 Å². The van der Waals surface area contributed by atoms with Gasteiger partial charge in [-0.05, 0) is 43.7 Å². The van der Waals surface area contributed by atoms with Crippen LogP contribution in [0.15, 0.2) is 30.5 Å². The Morgan fingerprint density at radius 3 is 2.77 bits per heavy atom. The zero-order valence-electron chi connectivity index (χ0n) is 21.0. The van der Waals surface area contributed by atoms with Gasteiger partial charge >= 0.3 is 0 Å². The number of carbonyl (C=O) groups is 2. The zero-order chi connectivity index (χ0) is 24.8. The number of aromatic nitrogens is 1. The number of aliphatic hydroxyl groups is 1. The molecular formula is C27H40N4O4. The van der Waals surface area contributed by atoms with E-state index in [0.29, 0.717) is 32.5 Å². The van der Waals surface area contributed by atoms with Crippen LogP contribution in [0.5, 0.6) is 0 Å². The maximum absolute atomic E-state index is 13.7. The number of aliphatic hydroxyl groups excluding tert-OH is 1. The highest BCUT2D eigenvalue weighted by Gasteiger charge is 2.39. The van der Waals surface area contributed by atoms with Gasteiger partial charge in [-0.25, -0.2) is 0 Å². The summed E-state index contributed by atoms with van der Waals surface area (Å²) in [6.07, 6.45) is 5.82. The molecule has 2 heterocycles. The summed E-state index contributed by atoms with van der Waals surface area (Å²) in [7, 11) is 1.72. The Bertz CT molecular complexity index is 1000. The third kappa shape index (κ3) is 6.42. The van der Waals surface area contributed by atoms with Gasteiger partial charge in [-0.1, -0.05) is 25.1 Å². The van der Waals surface area contributed by atoms with Crippen molar-refractivity contribution in [2.24, 2.45) is 11.8 Å². The van der Waals surface area contributed by atoms with Crippen molar-refractivity contribution < 1.29 is 19.4 Å². The van der Waals surface area contributed by atoms with Gasteiger partial charge < -0.3 is 29.9 Å². The number of rotatable bonds is 12. The molecule has 8 nitrogen and oxygen atoms in total. The normalized spacial score (nSPS) is 21.1. The Morgan fingerprint density at radius 1 is 1.26 bits per heavy atom. The molecular weight excluding hydrogens is 444 g/mol. The van der Waals surface area contributed by atoms with E-state index < -0.39 is 6.10 Å². The van der Waals surface area contributed by atoms with Crippen molar-refractivity contribution >= 4 is 22.7 Å². The molecule has 1 saturated carbocycles. The van der Waals surface area contributed by atoms with Gasteiger partial charge in [0.2, 0.25) is 11.8 Å². The summed E-state index contributed by atoms with van der Waals surface area (Å²) in [5.41, 5.74) is 2.36. The van der Waals surface area contributed by atoms with Gasteiger partial charge in [0.25, 0.3) is 0 Å². The van der Waals surface area contributed by atoms with Crippen molar-refractivity contribution in [1.82, 2.24) is 20.1 Å². The Kier molecular flexibility index (Phi) is 8.81.